The minimum atomic E-state index is 0.114. The van der Waals surface area contributed by atoms with Crippen LogP contribution in [0, 0.1) is 13.8 Å². The summed E-state index contributed by atoms with van der Waals surface area (Å²) in [7, 11) is 2.20. The number of aryl methyl sites for hydroxylation is 2. The van der Waals surface area contributed by atoms with Gasteiger partial charge in [-0.25, -0.2) is 0 Å². The quantitative estimate of drug-likeness (QED) is 0.850. The number of carbonyl (C=O) groups excluding carboxylic acids is 1. The maximum atomic E-state index is 12.6. The first-order valence-electron chi connectivity index (χ1n) is 8.71. The SMILES string of the molecule is Cc1cccc(C)c1NC(=O)C[N+]1(C)CCC(c2ccccc2)C1. The second kappa shape index (κ2) is 6.78. The smallest absolute Gasteiger partial charge is 0.279 e. The molecule has 1 fully saturated rings. The van der Waals surface area contributed by atoms with Crippen molar-refractivity contribution in [2.75, 3.05) is 32.0 Å². The van der Waals surface area contributed by atoms with Gasteiger partial charge >= 0.3 is 0 Å². The lowest BCUT2D eigenvalue weighted by Crippen LogP contribution is -2.47. The Bertz CT molecular complexity index is 706. The molecule has 0 aromatic heterocycles. The van der Waals surface area contributed by atoms with E-state index >= 15 is 0 Å². The number of amides is 1. The van der Waals surface area contributed by atoms with E-state index in [0.29, 0.717) is 12.5 Å². The third-order valence-electron chi connectivity index (χ3n) is 5.22. The van der Waals surface area contributed by atoms with Gasteiger partial charge in [0.2, 0.25) is 0 Å². The Hall–Kier alpha value is -2.13. The molecule has 24 heavy (non-hydrogen) atoms. The normalized spacial score (nSPS) is 23.2. The number of para-hydroxylation sites is 1. The van der Waals surface area contributed by atoms with Crippen LogP contribution in [0.4, 0.5) is 5.69 Å². The molecule has 1 aliphatic rings. The fourth-order valence-corrected chi connectivity index (χ4v) is 3.86. The Morgan fingerprint density at radius 1 is 1.08 bits per heavy atom. The van der Waals surface area contributed by atoms with E-state index in [1.54, 1.807) is 0 Å². The number of likely N-dealkylation sites (N-methyl/N-ethyl adjacent to an activating group) is 1. The van der Waals surface area contributed by atoms with Crippen molar-refractivity contribution in [2.24, 2.45) is 0 Å². The number of carbonyl (C=O) groups is 1. The number of hydrogen-bond donors (Lipinski definition) is 1. The van der Waals surface area contributed by atoms with Crippen LogP contribution in [0.3, 0.4) is 0 Å². The minimum Gasteiger partial charge on any atom is -0.321 e. The summed E-state index contributed by atoms with van der Waals surface area (Å²) in [6.07, 6.45) is 1.15. The highest BCUT2D eigenvalue weighted by Gasteiger charge is 2.36. The van der Waals surface area contributed by atoms with E-state index in [4.69, 9.17) is 0 Å². The minimum absolute atomic E-state index is 0.114. The molecular weight excluding hydrogens is 296 g/mol. The average molecular weight is 323 g/mol. The van der Waals surface area contributed by atoms with Gasteiger partial charge in [-0.05, 0) is 30.5 Å². The summed E-state index contributed by atoms with van der Waals surface area (Å²) in [4.78, 5) is 12.6. The van der Waals surface area contributed by atoms with Crippen molar-refractivity contribution in [3.05, 3.63) is 65.2 Å². The largest absolute Gasteiger partial charge is 0.321 e. The molecule has 0 aliphatic carbocycles. The zero-order valence-corrected chi connectivity index (χ0v) is 14.9. The predicted molar refractivity (Wildman–Crippen MR) is 99.1 cm³/mol. The zero-order valence-electron chi connectivity index (χ0n) is 14.9. The number of nitrogens with zero attached hydrogens (tertiary/aromatic N) is 1. The molecule has 3 rings (SSSR count). The van der Waals surface area contributed by atoms with E-state index in [0.717, 1.165) is 40.8 Å². The number of benzene rings is 2. The molecule has 0 spiro atoms. The summed E-state index contributed by atoms with van der Waals surface area (Å²) in [5, 5.41) is 3.13. The van der Waals surface area contributed by atoms with Gasteiger partial charge in [-0.3, -0.25) is 4.79 Å². The van der Waals surface area contributed by atoms with Crippen LogP contribution in [-0.4, -0.2) is 37.1 Å². The second-order valence-electron chi connectivity index (χ2n) is 7.40. The van der Waals surface area contributed by atoms with Crippen molar-refractivity contribution in [3.8, 4) is 0 Å². The number of hydrogen-bond acceptors (Lipinski definition) is 1. The number of likely N-dealkylation sites (tertiary alicyclic amines) is 1. The molecule has 0 radical (unpaired) electrons. The Labute approximate surface area is 144 Å². The standard InChI is InChI=1S/C21H26N2O/c1-16-8-7-9-17(2)21(16)22-20(24)15-23(3)13-12-19(14-23)18-10-5-4-6-11-18/h4-11,19H,12-15H2,1-3H3/p+1. The first kappa shape index (κ1) is 16.7. The van der Waals surface area contributed by atoms with Crippen molar-refractivity contribution in [3.63, 3.8) is 0 Å². The number of rotatable bonds is 4. The lowest BCUT2D eigenvalue weighted by atomic mass is 9.99. The summed E-state index contributed by atoms with van der Waals surface area (Å²) in [5.41, 5.74) is 4.60. The molecule has 0 bridgehead atoms. The fourth-order valence-electron chi connectivity index (χ4n) is 3.86. The molecule has 1 aliphatic heterocycles. The lowest BCUT2D eigenvalue weighted by Gasteiger charge is -2.29. The fraction of sp³-hybridized carbons (Fsp3) is 0.381. The molecule has 1 N–H and O–H groups in total. The topological polar surface area (TPSA) is 29.1 Å². The third kappa shape index (κ3) is 3.68. The molecule has 1 heterocycles. The van der Waals surface area contributed by atoms with Gasteiger partial charge in [0.05, 0.1) is 20.1 Å². The van der Waals surface area contributed by atoms with Crippen LogP contribution in [0.1, 0.15) is 29.0 Å². The van der Waals surface area contributed by atoms with E-state index in [9.17, 15) is 4.79 Å². The highest BCUT2D eigenvalue weighted by atomic mass is 16.2. The molecule has 0 saturated carbocycles. The van der Waals surface area contributed by atoms with Crippen molar-refractivity contribution < 1.29 is 9.28 Å². The van der Waals surface area contributed by atoms with Gasteiger partial charge in [0, 0.05) is 18.0 Å². The van der Waals surface area contributed by atoms with E-state index in [-0.39, 0.29) is 5.91 Å². The van der Waals surface area contributed by atoms with Crippen LogP contribution in [0.25, 0.3) is 0 Å². The van der Waals surface area contributed by atoms with Crippen LogP contribution in [0.15, 0.2) is 48.5 Å². The van der Waals surface area contributed by atoms with Crippen LogP contribution in [0.2, 0.25) is 0 Å². The van der Waals surface area contributed by atoms with E-state index in [1.165, 1.54) is 5.56 Å². The molecule has 3 nitrogen and oxygen atoms in total. The predicted octanol–water partition coefficient (Wildman–Crippen LogP) is 3.88. The number of nitrogens with one attached hydrogen (secondary N) is 1. The zero-order chi connectivity index (χ0) is 17.2. The average Bonchev–Trinajstić information content (AvgIpc) is 2.94. The van der Waals surface area contributed by atoms with Gasteiger partial charge < -0.3 is 9.80 Å². The Balaban J connectivity index is 1.64. The van der Waals surface area contributed by atoms with Gasteiger partial charge in [0.15, 0.2) is 6.54 Å². The van der Waals surface area contributed by atoms with Crippen molar-refractivity contribution in [1.82, 2.24) is 0 Å². The summed E-state index contributed by atoms with van der Waals surface area (Å²) in [6.45, 7) is 6.71. The molecule has 2 atom stereocenters. The van der Waals surface area contributed by atoms with E-state index in [1.807, 2.05) is 32.0 Å². The highest BCUT2D eigenvalue weighted by molar-refractivity contribution is 5.93. The Morgan fingerprint density at radius 3 is 2.42 bits per heavy atom. The molecule has 2 aromatic rings. The first-order valence-corrected chi connectivity index (χ1v) is 8.71. The molecule has 1 saturated heterocycles. The summed E-state index contributed by atoms with van der Waals surface area (Å²) in [6, 6.07) is 16.8. The molecule has 2 unspecified atom stereocenters. The molecule has 3 heteroatoms. The summed E-state index contributed by atoms with van der Waals surface area (Å²) < 4.78 is 0.816. The van der Waals surface area contributed by atoms with Crippen LogP contribution in [0.5, 0.6) is 0 Å². The van der Waals surface area contributed by atoms with Crippen LogP contribution >= 0.6 is 0 Å². The number of quaternary nitrogens is 1. The van der Waals surface area contributed by atoms with Crippen molar-refractivity contribution >= 4 is 11.6 Å². The van der Waals surface area contributed by atoms with Crippen LogP contribution in [-0.2, 0) is 4.79 Å². The third-order valence-corrected chi connectivity index (χ3v) is 5.22. The first-order chi connectivity index (χ1) is 11.5. The van der Waals surface area contributed by atoms with Gasteiger partial charge in [-0.15, -0.1) is 0 Å². The maximum absolute atomic E-state index is 12.6. The number of anilines is 1. The molecular formula is C21H27N2O+. The Kier molecular flexibility index (Phi) is 4.72. The highest BCUT2D eigenvalue weighted by Crippen LogP contribution is 2.31. The Morgan fingerprint density at radius 2 is 1.75 bits per heavy atom. The lowest BCUT2D eigenvalue weighted by molar-refractivity contribution is -0.890. The van der Waals surface area contributed by atoms with E-state index < -0.39 is 0 Å². The van der Waals surface area contributed by atoms with E-state index in [2.05, 4.69) is 42.7 Å². The second-order valence-corrected chi connectivity index (χ2v) is 7.40. The maximum Gasteiger partial charge on any atom is 0.279 e. The van der Waals surface area contributed by atoms with Crippen molar-refractivity contribution in [2.45, 2.75) is 26.2 Å². The summed E-state index contributed by atoms with van der Waals surface area (Å²) in [5.74, 6) is 0.674. The van der Waals surface area contributed by atoms with Gasteiger partial charge in [0.1, 0.15) is 0 Å². The molecule has 1 amide bonds. The molecule has 2 aromatic carbocycles. The van der Waals surface area contributed by atoms with Gasteiger partial charge in [0.25, 0.3) is 5.91 Å². The summed E-state index contributed by atoms with van der Waals surface area (Å²) >= 11 is 0. The van der Waals surface area contributed by atoms with Crippen LogP contribution < -0.4 is 5.32 Å². The molecule has 126 valence electrons. The van der Waals surface area contributed by atoms with Gasteiger partial charge in [-0.2, -0.15) is 0 Å². The van der Waals surface area contributed by atoms with Crippen molar-refractivity contribution in [1.29, 1.82) is 0 Å². The van der Waals surface area contributed by atoms with Gasteiger partial charge in [-0.1, -0.05) is 48.5 Å². The monoisotopic (exact) mass is 323 g/mol.